The van der Waals surface area contributed by atoms with Crippen LogP contribution in [0.5, 0.6) is 5.75 Å². The van der Waals surface area contributed by atoms with E-state index in [1.807, 2.05) is 0 Å². The molecule has 0 aliphatic rings. The molecule has 0 unspecified atom stereocenters. The zero-order valence-electron chi connectivity index (χ0n) is 9.47. The Hall–Kier alpha value is -1.43. The van der Waals surface area contributed by atoms with E-state index in [1.165, 1.54) is 42.5 Å². The van der Waals surface area contributed by atoms with E-state index in [2.05, 4.69) is 4.72 Å². The highest BCUT2D eigenvalue weighted by Crippen LogP contribution is 2.28. The smallest absolute Gasteiger partial charge is 0.262 e. The van der Waals surface area contributed by atoms with Gasteiger partial charge in [0.15, 0.2) is 0 Å². The first-order valence-corrected chi connectivity index (χ1v) is 7.39. The summed E-state index contributed by atoms with van der Waals surface area (Å²) in [6.07, 6.45) is 0. The third kappa shape index (κ3) is 3.32. The number of sulfonamides is 1. The number of phenols is 1. The SMILES string of the molecule is O=S(=O)(Nc1ccc(Cl)cc1O)c1ccc(Cl)cc1. The molecule has 0 saturated carbocycles. The van der Waals surface area contributed by atoms with E-state index in [1.54, 1.807) is 0 Å². The minimum Gasteiger partial charge on any atom is -0.506 e. The van der Waals surface area contributed by atoms with Crippen LogP contribution in [-0.4, -0.2) is 13.5 Å². The summed E-state index contributed by atoms with van der Waals surface area (Å²) in [7, 11) is -3.78. The normalized spacial score (nSPS) is 11.3. The number of hydrogen-bond donors (Lipinski definition) is 2. The van der Waals surface area contributed by atoms with Gasteiger partial charge in [-0.3, -0.25) is 4.72 Å². The van der Waals surface area contributed by atoms with Gasteiger partial charge in [-0.2, -0.15) is 0 Å². The van der Waals surface area contributed by atoms with Crippen molar-refractivity contribution in [3.05, 3.63) is 52.5 Å². The van der Waals surface area contributed by atoms with Crippen molar-refractivity contribution in [2.45, 2.75) is 4.90 Å². The number of halogens is 2. The largest absolute Gasteiger partial charge is 0.506 e. The number of hydrogen-bond acceptors (Lipinski definition) is 3. The Balaban J connectivity index is 2.33. The Labute approximate surface area is 120 Å². The fourth-order valence-electron chi connectivity index (χ4n) is 1.41. The zero-order valence-corrected chi connectivity index (χ0v) is 11.8. The monoisotopic (exact) mass is 317 g/mol. The Morgan fingerprint density at radius 3 is 2.11 bits per heavy atom. The van der Waals surface area contributed by atoms with E-state index >= 15 is 0 Å². The van der Waals surface area contributed by atoms with Crippen molar-refractivity contribution in [3.8, 4) is 5.75 Å². The molecule has 7 heteroatoms. The second-order valence-electron chi connectivity index (χ2n) is 3.72. The molecule has 0 fully saturated rings. The molecule has 0 aliphatic carbocycles. The second-order valence-corrected chi connectivity index (χ2v) is 6.28. The first-order valence-electron chi connectivity index (χ1n) is 5.15. The van der Waals surface area contributed by atoms with Gasteiger partial charge in [-0.1, -0.05) is 23.2 Å². The Morgan fingerprint density at radius 2 is 1.53 bits per heavy atom. The van der Waals surface area contributed by atoms with Crippen molar-refractivity contribution < 1.29 is 13.5 Å². The lowest BCUT2D eigenvalue weighted by atomic mass is 10.3. The molecule has 0 spiro atoms. The maximum atomic E-state index is 12.1. The molecule has 0 bridgehead atoms. The van der Waals surface area contributed by atoms with Gasteiger partial charge >= 0.3 is 0 Å². The third-order valence-electron chi connectivity index (χ3n) is 2.33. The summed E-state index contributed by atoms with van der Waals surface area (Å²) in [4.78, 5) is 0.0475. The number of aromatic hydroxyl groups is 1. The van der Waals surface area contributed by atoms with Gasteiger partial charge in [0, 0.05) is 16.1 Å². The highest BCUT2D eigenvalue weighted by molar-refractivity contribution is 7.92. The summed E-state index contributed by atoms with van der Waals surface area (Å²) in [5, 5.41) is 10.4. The van der Waals surface area contributed by atoms with Crippen LogP contribution in [-0.2, 0) is 10.0 Å². The van der Waals surface area contributed by atoms with Crippen molar-refractivity contribution >= 4 is 38.9 Å². The summed E-state index contributed by atoms with van der Waals surface area (Å²) < 4.78 is 26.4. The molecule has 2 aromatic carbocycles. The number of phenolic OH excluding ortho intramolecular Hbond substituents is 1. The minimum absolute atomic E-state index is 0.0475. The number of rotatable bonds is 3. The summed E-state index contributed by atoms with van der Waals surface area (Å²) in [6.45, 7) is 0. The molecule has 2 aromatic rings. The molecule has 0 aliphatic heterocycles. The Bertz CT molecular complexity index is 699. The van der Waals surface area contributed by atoms with Crippen molar-refractivity contribution in [2.75, 3.05) is 4.72 Å². The van der Waals surface area contributed by atoms with Crippen molar-refractivity contribution in [2.24, 2.45) is 0 Å². The maximum absolute atomic E-state index is 12.1. The topological polar surface area (TPSA) is 66.4 Å². The Kier molecular flexibility index (Phi) is 3.89. The standard InChI is InChI=1S/C12H9Cl2NO3S/c13-8-1-4-10(5-2-8)19(17,18)15-11-6-3-9(14)7-12(11)16/h1-7,15-16H. The van der Waals surface area contributed by atoms with E-state index in [4.69, 9.17) is 23.2 Å². The van der Waals surface area contributed by atoms with Crippen LogP contribution in [0, 0.1) is 0 Å². The van der Waals surface area contributed by atoms with E-state index < -0.39 is 10.0 Å². The van der Waals surface area contributed by atoms with Gasteiger partial charge in [0.2, 0.25) is 0 Å². The van der Waals surface area contributed by atoms with Crippen molar-refractivity contribution in [1.82, 2.24) is 0 Å². The third-order valence-corrected chi connectivity index (χ3v) is 4.20. The van der Waals surface area contributed by atoms with Crippen LogP contribution in [0.4, 0.5) is 5.69 Å². The summed E-state index contributed by atoms with van der Waals surface area (Å²) in [6, 6.07) is 9.79. The van der Waals surface area contributed by atoms with Gasteiger partial charge in [0.1, 0.15) is 5.75 Å². The predicted octanol–water partition coefficient (Wildman–Crippen LogP) is 3.50. The number of nitrogens with one attached hydrogen (secondary N) is 1. The van der Waals surface area contributed by atoms with Gasteiger partial charge in [-0.15, -0.1) is 0 Å². The van der Waals surface area contributed by atoms with E-state index in [0.717, 1.165) is 0 Å². The average Bonchev–Trinajstić information content (AvgIpc) is 2.33. The van der Waals surface area contributed by atoms with Crippen LogP contribution in [0.1, 0.15) is 0 Å². The zero-order chi connectivity index (χ0) is 14.0. The molecule has 2 rings (SSSR count). The van der Waals surface area contributed by atoms with Gasteiger partial charge < -0.3 is 5.11 Å². The quantitative estimate of drug-likeness (QED) is 0.851. The van der Waals surface area contributed by atoms with Crippen molar-refractivity contribution in [1.29, 1.82) is 0 Å². The predicted molar refractivity (Wildman–Crippen MR) is 75.4 cm³/mol. The number of anilines is 1. The lowest BCUT2D eigenvalue weighted by molar-refractivity contribution is 0.477. The lowest BCUT2D eigenvalue weighted by Gasteiger charge is -2.09. The highest BCUT2D eigenvalue weighted by atomic mass is 35.5. The first-order chi connectivity index (χ1) is 8.88. The molecule has 2 N–H and O–H groups in total. The molecule has 0 aromatic heterocycles. The van der Waals surface area contributed by atoms with E-state index in [9.17, 15) is 13.5 Å². The van der Waals surface area contributed by atoms with E-state index in [0.29, 0.717) is 10.0 Å². The van der Waals surface area contributed by atoms with Crippen LogP contribution in [0.2, 0.25) is 10.0 Å². The van der Waals surface area contributed by atoms with Crippen LogP contribution >= 0.6 is 23.2 Å². The molecule has 0 radical (unpaired) electrons. The number of benzene rings is 2. The van der Waals surface area contributed by atoms with Crippen LogP contribution < -0.4 is 4.72 Å². The van der Waals surface area contributed by atoms with Crippen LogP contribution in [0.25, 0.3) is 0 Å². The fourth-order valence-corrected chi connectivity index (χ4v) is 2.78. The summed E-state index contributed by atoms with van der Waals surface area (Å²) in [5.74, 6) is -0.245. The minimum atomic E-state index is -3.78. The molecule has 4 nitrogen and oxygen atoms in total. The van der Waals surface area contributed by atoms with Gasteiger partial charge in [0.05, 0.1) is 10.6 Å². The first kappa shape index (κ1) is 14.0. The fraction of sp³-hybridized carbons (Fsp3) is 0. The van der Waals surface area contributed by atoms with Gasteiger partial charge in [0.25, 0.3) is 10.0 Å². The molecular weight excluding hydrogens is 309 g/mol. The highest BCUT2D eigenvalue weighted by Gasteiger charge is 2.15. The average molecular weight is 318 g/mol. The molecule has 0 heterocycles. The van der Waals surface area contributed by atoms with Gasteiger partial charge in [-0.25, -0.2) is 8.42 Å². The molecule has 0 saturated heterocycles. The molecule has 100 valence electrons. The van der Waals surface area contributed by atoms with Crippen LogP contribution in [0.3, 0.4) is 0 Å². The summed E-state index contributed by atoms with van der Waals surface area (Å²) in [5.41, 5.74) is 0.0550. The van der Waals surface area contributed by atoms with E-state index in [-0.39, 0.29) is 16.3 Å². The maximum Gasteiger partial charge on any atom is 0.262 e. The van der Waals surface area contributed by atoms with Gasteiger partial charge in [-0.05, 0) is 36.4 Å². The molecular formula is C12H9Cl2NO3S. The summed E-state index contributed by atoms with van der Waals surface area (Å²) >= 11 is 11.4. The van der Waals surface area contributed by atoms with Crippen LogP contribution in [0.15, 0.2) is 47.4 Å². The Morgan fingerprint density at radius 1 is 0.947 bits per heavy atom. The lowest BCUT2D eigenvalue weighted by Crippen LogP contribution is -2.12. The molecule has 19 heavy (non-hydrogen) atoms. The molecule has 0 amide bonds. The van der Waals surface area contributed by atoms with Crippen molar-refractivity contribution in [3.63, 3.8) is 0 Å². The second kappa shape index (κ2) is 5.28. The molecule has 0 atom stereocenters.